The van der Waals surface area contributed by atoms with Crippen LogP contribution in [0.5, 0.6) is 11.5 Å². The van der Waals surface area contributed by atoms with Crippen molar-refractivity contribution >= 4 is 40.9 Å². The van der Waals surface area contributed by atoms with Crippen LogP contribution in [0.3, 0.4) is 0 Å². The van der Waals surface area contributed by atoms with Crippen molar-refractivity contribution in [2.45, 2.75) is 0 Å². The molecule has 1 fully saturated rings. The molecule has 154 valence electrons. The van der Waals surface area contributed by atoms with E-state index in [1.807, 2.05) is 48.5 Å². The van der Waals surface area contributed by atoms with E-state index in [-0.39, 0.29) is 5.91 Å². The van der Waals surface area contributed by atoms with Crippen LogP contribution in [0.15, 0.2) is 65.7 Å². The molecule has 0 saturated carbocycles. The van der Waals surface area contributed by atoms with Crippen LogP contribution in [0.1, 0.15) is 11.1 Å². The first-order chi connectivity index (χ1) is 14.6. The minimum absolute atomic E-state index is 0.207. The number of amides is 2. The van der Waals surface area contributed by atoms with Crippen LogP contribution in [0, 0.1) is 0 Å². The molecule has 7 heteroatoms. The topological polar surface area (TPSA) is 68.2 Å². The van der Waals surface area contributed by atoms with Crippen LogP contribution in [0.4, 0.5) is 0 Å². The van der Waals surface area contributed by atoms with Crippen LogP contribution < -0.4 is 9.47 Å². The monoisotopic (exact) mass is 422 g/mol. The second kappa shape index (κ2) is 10.5. The zero-order valence-corrected chi connectivity index (χ0v) is 17.6. The molecule has 0 atom stereocenters. The maximum atomic E-state index is 12.6. The van der Waals surface area contributed by atoms with Crippen molar-refractivity contribution in [2.75, 3.05) is 26.5 Å². The summed E-state index contributed by atoms with van der Waals surface area (Å²) in [6.07, 6.45) is 6.29. The Morgan fingerprint density at radius 2 is 1.43 bits per heavy atom. The van der Waals surface area contributed by atoms with Gasteiger partial charge in [0, 0.05) is 24.4 Å². The highest BCUT2D eigenvalue weighted by Crippen LogP contribution is 2.20. The van der Waals surface area contributed by atoms with Gasteiger partial charge in [0.15, 0.2) is 5.17 Å². The first kappa shape index (κ1) is 21.4. The average Bonchev–Trinajstić information content (AvgIpc) is 3.24. The van der Waals surface area contributed by atoms with Gasteiger partial charge in [-0.2, -0.15) is 4.99 Å². The number of carbonyl (C=O) groups is 2. The Morgan fingerprint density at radius 3 is 1.97 bits per heavy atom. The second-order valence-electron chi connectivity index (χ2n) is 6.28. The SMILES string of the molecule is COc1ccc(C=CC(=O)N=C2SCCN2C(=O)C=Cc2ccc(OC)cc2)cc1. The quantitative estimate of drug-likeness (QED) is 0.661. The largest absolute Gasteiger partial charge is 0.497 e. The third-order valence-electron chi connectivity index (χ3n) is 4.32. The van der Waals surface area contributed by atoms with Gasteiger partial charge in [0.2, 0.25) is 0 Å². The van der Waals surface area contributed by atoms with Gasteiger partial charge in [0.1, 0.15) is 11.5 Å². The Morgan fingerprint density at radius 1 is 0.900 bits per heavy atom. The molecular formula is C23H22N2O4S. The number of nitrogens with zero attached hydrogens (tertiary/aromatic N) is 2. The lowest BCUT2D eigenvalue weighted by atomic mass is 10.2. The highest BCUT2D eigenvalue weighted by Gasteiger charge is 2.24. The lowest BCUT2D eigenvalue weighted by Crippen LogP contribution is -2.30. The third kappa shape index (κ3) is 5.84. The Kier molecular flexibility index (Phi) is 7.45. The van der Waals surface area contributed by atoms with E-state index in [1.54, 1.807) is 26.4 Å². The molecule has 2 amide bonds. The van der Waals surface area contributed by atoms with E-state index < -0.39 is 5.91 Å². The molecule has 0 unspecified atom stereocenters. The molecule has 1 aliphatic rings. The van der Waals surface area contributed by atoms with Crippen LogP contribution >= 0.6 is 11.8 Å². The molecule has 1 heterocycles. The number of carbonyl (C=O) groups excluding carboxylic acids is 2. The molecule has 0 aromatic heterocycles. The fourth-order valence-corrected chi connectivity index (χ4v) is 3.63. The van der Waals surface area contributed by atoms with Crippen molar-refractivity contribution in [3.63, 3.8) is 0 Å². The van der Waals surface area contributed by atoms with E-state index >= 15 is 0 Å². The number of hydrogen-bond acceptors (Lipinski definition) is 5. The van der Waals surface area contributed by atoms with Crippen molar-refractivity contribution in [2.24, 2.45) is 4.99 Å². The Balaban J connectivity index is 1.63. The molecule has 0 bridgehead atoms. The molecule has 1 aliphatic heterocycles. The maximum Gasteiger partial charge on any atom is 0.272 e. The van der Waals surface area contributed by atoms with Crippen molar-refractivity contribution in [3.05, 3.63) is 71.8 Å². The predicted octanol–water partition coefficient (Wildman–Crippen LogP) is 3.89. The second-order valence-corrected chi connectivity index (χ2v) is 7.35. The summed E-state index contributed by atoms with van der Waals surface area (Å²) in [4.78, 5) is 30.4. The number of methoxy groups -OCH3 is 2. The Bertz CT molecular complexity index is 979. The Labute approximate surface area is 179 Å². The molecular weight excluding hydrogens is 400 g/mol. The number of aliphatic imine (C=N–C) groups is 1. The lowest BCUT2D eigenvalue weighted by molar-refractivity contribution is -0.121. The summed E-state index contributed by atoms with van der Waals surface area (Å²) in [5.41, 5.74) is 1.74. The molecule has 6 nitrogen and oxygen atoms in total. The Hall–Kier alpha value is -3.32. The smallest absolute Gasteiger partial charge is 0.272 e. The zero-order valence-electron chi connectivity index (χ0n) is 16.8. The maximum absolute atomic E-state index is 12.6. The molecule has 2 aromatic rings. The molecule has 0 N–H and O–H groups in total. The number of amidine groups is 1. The fraction of sp³-hybridized carbons (Fsp3) is 0.174. The van der Waals surface area contributed by atoms with Crippen molar-refractivity contribution < 1.29 is 19.1 Å². The van der Waals surface area contributed by atoms with Crippen molar-refractivity contribution in [3.8, 4) is 11.5 Å². The van der Waals surface area contributed by atoms with Gasteiger partial charge in [-0.25, -0.2) is 0 Å². The van der Waals surface area contributed by atoms with Gasteiger partial charge in [-0.05, 0) is 47.5 Å². The summed E-state index contributed by atoms with van der Waals surface area (Å²) in [5.74, 6) is 1.59. The number of benzene rings is 2. The van der Waals surface area contributed by atoms with Crippen LogP contribution in [0.2, 0.25) is 0 Å². The zero-order chi connectivity index (χ0) is 21.3. The molecule has 0 radical (unpaired) electrons. The number of hydrogen-bond donors (Lipinski definition) is 0. The average molecular weight is 423 g/mol. The molecule has 2 aromatic carbocycles. The van der Waals surface area contributed by atoms with Crippen LogP contribution in [0.25, 0.3) is 12.2 Å². The summed E-state index contributed by atoms with van der Waals surface area (Å²) in [7, 11) is 3.21. The molecule has 0 spiro atoms. The summed E-state index contributed by atoms with van der Waals surface area (Å²) in [6.45, 7) is 0.519. The molecule has 30 heavy (non-hydrogen) atoms. The number of rotatable bonds is 6. The molecule has 0 aliphatic carbocycles. The summed E-state index contributed by atoms with van der Waals surface area (Å²) in [5, 5.41) is 0.420. The van der Waals surface area contributed by atoms with Gasteiger partial charge < -0.3 is 9.47 Å². The minimum atomic E-state index is -0.410. The van der Waals surface area contributed by atoms with E-state index in [9.17, 15) is 9.59 Å². The summed E-state index contributed by atoms with van der Waals surface area (Å²) in [6, 6.07) is 14.7. The van der Waals surface area contributed by atoms with E-state index in [0.29, 0.717) is 17.5 Å². The van der Waals surface area contributed by atoms with Gasteiger partial charge >= 0.3 is 0 Å². The van der Waals surface area contributed by atoms with Gasteiger partial charge in [-0.1, -0.05) is 36.0 Å². The van der Waals surface area contributed by atoms with Gasteiger partial charge in [0.05, 0.1) is 14.2 Å². The first-order valence-electron chi connectivity index (χ1n) is 9.30. The normalized spacial score (nSPS) is 15.3. The number of thioether (sulfide) groups is 1. The van der Waals surface area contributed by atoms with Gasteiger partial charge in [-0.15, -0.1) is 0 Å². The van der Waals surface area contributed by atoms with Crippen molar-refractivity contribution in [1.82, 2.24) is 4.90 Å². The minimum Gasteiger partial charge on any atom is -0.497 e. The van der Waals surface area contributed by atoms with E-state index in [1.165, 1.54) is 28.8 Å². The van der Waals surface area contributed by atoms with E-state index in [4.69, 9.17) is 9.47 Å². The highest BCUT2D eigenvalue weighted by molar-refractivity contribution is 8.14. The summed E-state index contributed by atoms with van der Waals surface area (Å²) >= 11 is 1.39. The lowest BCUT2D eigenvalue weighted by Gasteiger charge is -2.12. The standard InChI is InChI=1S/C23H22N2O4S/c1-28-19-9-3-17(4-10-19)7-13-21(26)24-23-25(15-16-30-23)22(27)14-8-18-5-11-20(29-2)12-6-18/h3-14H,15-16H2,1-2H3. The van der Waals surface area contributed by atoms with Crippen LogP contribution in [-0.2, 0) is 9.59 Å². The summed E-state index contributed by atoms with van der Waals surface area (Å²) < 4.78 is 10.2. The van der Waals surface area contributed by atoms with E-state index in [2.05, 4.69) is 4.99 Å². The fourth-order valence-electron chi connectivity index (χ4n) is 2.69. The molecule has 3 rings (SSSR count). The first-order valence-corrected chi connectivity index (χ1v) is 10.3. The highest BCUT2D eigenvalue weighted by atomic mass is 32.2. The van der Waals surface area contributed by atoms with Crippen molar-refractivity contribution in [1.29, 1.82) is 0 Å². The molecule has 1 saturated heterocycles. The van der Waals surface area contributed by atoms with Gasteiger partial charge in [-0.3, -0.25) is 14.5 Å². The van der Waals surface area contributed by atoms with Crippen LogP contribution in [-0.4, -0.2) is 48.4 Å². The third-order valence-corrected chi connectivity index (χ3v) is 5.27. The van der Waals surface area contributed by atoms with E-state index in [0.717, 1.165) is 22.6 Å². The van der Waals surface area contributed by atoms with Gasteiger partial charge in [0.25, 0.3) is 11.8 Å². The predicted molar refractivity (Wildman–Crippen MR) is 121 cm³/mol. The number of ether oxygens (including phenoxy) is 2.